The fraction of sp³-hybridized carbons (Fsp3) is 0.219. The molecular formula is C32H30FN3O5S. The maximum absolute atomic E-state index is 14.8. The molecule has 0 aromatic heterocycles. The summed E-state index contributed by atoms with van der Waals surface area (Å²) in [5.41, 5.74) is 3.87. The van der Waals surface area contributed by atoms with Gasteiger partial charge in [-0.2, -0.15) is 8.42 Å². The SMILES string of the molecule is O=C1C(=Cc2ccc(OCCCCCCS(=O)(=O)O)c(F)c2)N=C2C(Cc3ccccc3)=NC(c3ccccc3)=CN12. The van der Waals surface area contributed by atoms with Gasteiger partial charge in [-0.15, -0.1) is 0 Å². The van der Waals surface area contributed by atoms with Gasteiger partial charge in [0.05, 0.1) is 23.8 Å². The van der Waals surface area contributed by atoms with Crippen molar-refractivity contribution in [3.05, 3.63) is 113 Å². The number of nitrogens with zero attached hydrogens (tertiary/aromatic N) is 3. The minimum Gasteiger partial charge on any atom is -0.491 e. The summed E-state index contributed by atoms with van der Waals surface area (Å²) in [6.07, 6.45) is 6.01. The van der Waals surface area contributed by atoms with Crippen LogP contribution >= 0.6 is 0 Å². The van der Waals surface area contributed by atoms with Crippen LogP contribution in [0.25, 0.3) is 11.8 Å². The monoisotopic (exact) mass is 587 g/mol. The summed E-state index contributed by atoms with van der Waals surface area (Å²) in [4.78, 5) is 24.4. The van der Waals surface area contributed by atoms with Crippen LogP contribution < -0.4 is 4.74 Å². The van der Waals surface area contributed by atoms with Crippen molar-refractivity contribution in [2.75, 3.05) is 12.4 Å². The van der Waals surface area contributed by atoms with Crippen molar-refractivity contribution in [3.63, 3.8) is 0 Å². The molecule has 216 valence electrons. The van der Waals surface area contributed by atoms with E-state index in [1.807, 2.05) is 60.7 Å². The van der Waals surface area contributed by atoms with Crippen LogP contribution in [0.3, 0.4) is 0 Å². The van der Waals surface area contributed by atoms with Gasteiger partial charge in [-0.25, -0.2) is 14.4 Å². The fourth-order valence-corrected chi connectivity index (χ4v) is 5.23. The number of amides is 1. The average molecular weight is 588 g/mol. The molecule has 1 N–H and O–H groups in total. The van der Waals surface area contributed by atoms with Crippen LogP contribution in [0.5, 0.6) is 5.75 Å². The van der Waals surface area contributed by atoms with Gasteiger partial charge in [0, 0.05) is 18.2 Å². The van der Waals surface area contributed by atoms with Crippen molar-refractivity contribution >= 4 is 39.3 Å². The molecule has 42 heavy (non-hydrogen) atoms. The van der Waals surface area contributed by atoms with Crippen molar-refractivity contribution in [2.45, 2.75) is 32.1 Å². The van der Waals surface area contributed by atoms with Crippen LogP contribution in [0.4, 0.5) is 4.39 Å². The summed E-state index contributed by atoms with van der Waals surface area (Å²) in [6.45, 7) is 0.268. The number of aliphatic imine (C=N–C) groups is 2. The summed E-state index contributed by atoms with van der Waals surface area (Å²) in [5.74, 6) is -0.620. The Balaban J connectivity index is 1.30. The first-order valence-corrected chi connectivity index (χ1v) is 15.3. The molecule has 0 spiro atoms. The van der Waals surface area contributed by atoms with Crippen LogP contribution in [0.2, 0.25) is 0 Å². The van der Waals surface area contributed by atoms with Crippen molar-refractivity contribution in [1.82, 2.24) is 4.90 Å². The van der Waals surface area contributed by atoms with E-state index in [4.69, 9.17) is 14.3 Å². The van der Waals surface area contributed by atoms with E-state index in [0.717, 1.165) is 11.1 Å². The maximum Gasteiger partial charge on any atom is 0.282 e. The van der Waals surface area contributed by atoms with Gasteiger partial charge in [-0.05, 0) is 42.2 Å². The molecule has 0 saturated heterocycles. The van der Waals surface area contributed by atoms with E-state index < -0.39 is 15.9 Å². The normalized spacial score (nSPS) is 15.8. The Labute approximate surface area is 244 Å². The fourth-order valence-electron chi connectivity index (χ4n) is 4.66. The van der Waals surface area contributed by atoms with Gasteiger partial charge in [0.1, 0.15) is 5.70 Å². The van der Waals surface area contributed by atoms with Gasteiger partial charge >= 0.3 is 0 Å². The largest absolute Gasteiger partial charge is 0.491 e. The zero-order valence-electron chi connectivity index (χ0n) is 22.8. The number of halogens is 1. The molecule has 10 heteroatoms. The molecule has 1 amide bonds. The second-order valence-electron chi connectivity index (χ2n) is 9.98. The predicted molar refractivity (Wildman–Crippen MR) is 161 cm³/mol. The molecule has 2 aliphatic rings. The van der Waals surface area contributed by atoms with Gasteiger partial charge in [-0.1, -0.05) is 79.6 Å². The lowest BCUT2D eigenvalue weighted by Crippen LogP contribution is -2.36. The molecule has 0 aliphatic carbocycles. The number of hydrogen-bond acceptors (Lipinski definition) is 6. The van der Waals surface area contributed by atoms with E-state index in [1.165, 1.54) is 17.0 Å². The highest BCUT2D eigenvalue weighted by molar-refractivity contribution is 7.85. The van der Waals surface area contributed by atoms with Gasteiger partial charge in [0.25, 0.3) is 16.0 Å². The quantitative estimate of drug-likeness (QED) is 0.161. The Morgan fingerprint density at radius 2 is 1.62 bits per heavy atom. The summed E-state index contributed by atoms with van der Waals surface area (Å²) >= 11 is 0. The number of ether oxygens (including phenoxy) is 1. The number of carbonyl (C=O) groups excluding carboxylic acids is 1. The highest BCUT2D eigenvalue weighted by Crippen LogP contribution is 2.29. The number of unbranched alkanes of at least 4 members (excludes halogenated alkanes) is 3. The van der Waals surface area contributed by atoms with Gasteiger partial charge in [0.2, 0.25) is 0 Å². The molecule has 0 atom stereocenters. The molecule has 3 aromatic rings. The number of hydrogen-bond donors (Lipinski definition) is 1. The van der Waals surface area contributed by atoms with Crippen LogP contribution in [0.1, 0.15) is 42.4 Å². The number of benzene rings is 3. The highest BCUT2D eigenvalue weighted by atomic mass is 32.2. The summed E-state index contributed by atoms with van der Waals surface area (Å²) < 4.78 is 50.6. The summed E-state index contributed by atoms with van der Waals surface area (Å²) in [7, 11) is -3.94. The molecule has 0 radical (unpaired) electrons. The van der Waals surface area contributed by atoms with E-state index in [0.29, 0.717) is 54.9 Å². The lowest BCUT2D eigenvalue weighted by Gasteiger charge is -2.21. The predicted octanol–water partition coefficient (Wildman–Crippen LogP) is 5.93. The number of amidine groups is 1. The first-order valence-electron chi connectivity index (χ1n) is 13.7. The lowest BCUT2D eigenvalue weighted by molar-refractivity contribution is -0.120. The number of rotatable bonds is 12. The average Bonchev–Trinajstić information content (AvgIpc) is 3.29. The molecule has 3 aromatic carbocycles. The smallest absolute Gasteiger partial charge is 0.282 e. The zero-order chi connectivity index (χ0) is 29.5. The maximum atomic E-state index is 14.8. The van der Waals surface area contributed by atoms with Crippen molar-refractivity contribution in [1.29, 1.82) is 0 Å². The lowest BCUT2D eigenvalue weighted by atomic mass is 10.1. The Morgan fingerprint density at radius 3 is 2.33 bits per heavy atom. The van der Waals surface area contributed by atoms with Gasteiger partial charge in [0.15, 0.2) is 17.4 Å². The molecule has 2 heterocycles. The minimum atomic E-state index is -3.94. The zero-order valence-corrected chi connectivity index (χ0v) is 23.6. The third-order valence-corrected chi connectivity index (χ3v) is 7.56. The van der Waals surface area contributed by atoms with Crippen LogP contribution in [-0.4, -0.2) is 47.7 Å². The summed E-state index contributed by atoms with van der Waals surface area (Å²) in [5, 5.41) is 0. The molecule has 0 saturated carbocycles. The second kappa shape index (κ2) is 13.1. The molecular weight excluding hydrogens is 557 g/mol. The van der Waals surface area contributed by atoms with E-state index in [-0.39, 0.29) is 29.7 Å². The van der Waals surface area contributed by atoms with Crippen molar-refractivity contribution in [3.8, 4) is 5.75 Å². The van der Waals surface area contributed by atoms with Crippen molar-refractivity contribution in [2.24, 2.45) is 9.98 Å². The van der Waals surface area contributed by atoms with E-state index in [2.05, 4.69) is 4.99 Å². The standard InChI is InChI=1S/C32H30FN3O5S/c33-26-19-24(15-16-30(26)41-17-9-1-2-10-18-42(38,39)40)21-28-32(37)36-22-29(25-13-7-4-8-14-25)34-27(31(36)35-28)20-23-11-5-3-6-12-23/h3-8,11-16,19,21-22H,1-2,9-10,17-18,20H2,(H,38,39,40). The Bertz CT molecular complexity index is 1680. The molecule has 5 rings (SSSR count). The van der Waals surface area contributed by atoms with Crippen LogP contribution in [0, 0.1) is 5.82 Å². The minimum absolute atomic E-state index is 0.0873. The Hall–Kier alpha value is -4.41. The first kappa shape index (κ1) is 29.1. The van der Waals surface area contributed by atoms with E-state index in [1.54, 1.807) is 18.3 Å². The van der Waals surface area contributed by atoms with E-state index >= 15 is 0 Å². The topological polar surface area (TPSA) is 109 Å². The van der Waals surface area contributed by atoms with Gasteiger partial charge < -0.3 is 4.74 Å². The second-order valence-corrected chi connectivity index (χ2v) is 11.6. The number of fused-ring (bicyclic) bond motifs is 1. The van der Waals surface area contributed by atoms with Crippen LogP contribution in [0.15, 0.2) is 101 Å². The Morgan fingerprint density at radius 1 is 0.905 bits per heavy atom. The van der Waals surface area contributed by atoms with E-state index in [9.17, 15) is 17.6 Å². The van der Waals surface area contributed by atoms with Gasteiger partial charge in [-0.3, -0.25) is 14.2 Å². The van der Waals surface area contributed by atoms with Crippen molar-refractivity contribution < 1.29 is 26.9 Å². The first-order chi connectivity index (χ1) is 20.3. The third kappa shape index (κ3) is 7.45. The Kier molecular flexibility index (Phi) is 9.04. The molecule has 8 nitrogen and oxygen atoms in total. The molecule has 0 fully saturated rings. The molecule has 0 bridgehead atoms. The summed E-state index contributed by atoms with van der Waals surface area (Å²) in [6, 6.07) is 23.9. The molecule has 2 aliphatic heterocycles. The number of carbonyl (C=O) groups is 1. The highest BCUT2D eigenvalue weighted by Gasteiger charge is 2.35. The molecule has 0 unspecified atom stereocenters. The third-order valence-electron chi connectivity index (χ3n) is 6.75. The van der Waals surface area contributed by atoms with Crippen LogP contribution in [-0.2, 0) is 21.3 Å².